The highest BCUT2D eigenvalue weighted by Gasteiger charge is 2.12. The van der Waals surface area contributed by atoms with Gasteiger partial charge in [-0.05, 0) is 35.9 Å². The van der Waals surface area contributed by atoms with E-state index in [-0.39, 0.29) is 5.78 Å². The second kappa shape index (κ2) is 5.81. The van der Waals surface area contributed by atoms with Gasteiger partial charge in [0, 0.05) is 6.92 Å². The van der Waals surface area contributed by atoms with Gasteiger partial charge in [-0.3, -0.25) is 4.79 Å². The molecule has 110 valence electrons. The van der Waals surface area contributed by atoms with E-state index in [1.165, 1.54) is 6.92 Å². The summed E-state index contributed by atoms with van der Waals surface area (Å²) in [6.07, 6.45) is 1.79. The summed E-state index contributed by atoms with van der Waals surface area (Å²) >= 11 is 0. The van der Waals surface area contributed by atoms with Crippen molar-refractivity contribution in [3.8, 4) is 5.75 Å². The van der Waals surface area contributed by atoms with Gasteiger partial charge in [0.25, 0.3) is 0 Å². The van der Waals surface area contributed by atoms with Gasteiger partial charge >= 0.3 is 0 Å². The molecular formula is C17H15N3O2. The Balaban J connectivity index is 2.09. The van der Waals surface area contributed by atoms with Gasteiger partial charge < -0.3 is 4.74 Å². The fourth-order valence-electron chi connectivity index (χ4n) is 2.22. The first-order valence-electron chi connectivity index (χ1n) is 6.86. The third-order valence-corrected chi connectivity index (χ3v) is 3.36. The fourth-order valence-corrected chi connectivity index (χ4v) is 2.22. The number of hydrogen-bond donors (Lipinski definition) is 0. The van der Waals surface area contributed by atoms with Crippen molar-refractivity contribution >= 4 is 28.6 Å². The predicted molar refractivity (Wildman–Crippen MR) is 85.4 cm³/mol. The highest BCUT2D eigenvalue weighted by Crippen LogP contribution is 2.19. The van der Waals surface area contributed by atoms with Crippen LogP contribution in [0.3, 0.4) is 0 Å². The summed E-state index contributed by atoms with van der Waals surface area (Å²) in [7, 11) is 1.62. The average Bonchev–Trinajstić information content (AvgIpc) is 2.96. The number of carbonyl (C=O) groups is 1. The molecule has 0 unspecified atom stereocenters. The number of nitrogens with zero attached hydrogens (tertiary/aromatic N) is 3. The molecule has 3 aromatic rings. The smallest absolute Gasteiger partial charge is 0.178 e. The van der Waals surface area contributed by atoms with Gasteiger partial charge in [0.2, 0.25) is 0 Å². The zero-order chi connectivity index (χ0) is 15.5. The van der Waals surface area contributed by atoms with Gasteiger partial charge in [-0.25, -0.2) is 4.68 Å². The number of Topliss-reactive ketones (excluding diaryl/α,β-unsaturated/α-hetero) is 1. The molecule has 0 atom stereocenters. The van der Waals surface area contributed by atoms with Crippen molar-refractivity contribution in [2.24, 2.45) is 0 Å². The van der Waals surface area contributed by atoms with Crippen molar-refractivity contribution in [3.63, 3.8) is 0 Å². The minimum Gasteiger partial charge on any atom is -0.497 e. The zero-order valence-corrected chi connectivity index (χ0v) is 12.4. The Morgan fingerprint density at radius 3 is 2.55 bits per heavy atom. The van der Waals surface area contributed by atoms with E-state index in [1.807, 2.05) is 48.5 Å². The van der Waals surface area contributed by atoms with Crippen LogP contribution in [-0.4, -0.2) is 27.9 Å². The van der Waals surface area contributed by atoms with Crippen LogP contribution in [0, 0.1) is 0 Å². The quantitative estimate of drug-likeness (QED) is 0.694. The maximum absolute atomic E-state index is 12.0. The van der Waals surface area contributed by atoms with E-state index in [0.29, 0.717) is 5.70 Å². The lowest BCUT2D eigenvalue weighted by molar-refractivity contribution is -0.112. The minimum absolute atomic E-state index is 0.0773. The van der Waals surface area contributed by atoms with Crippen LogP contribution in [0.1, 0.15) is 12.5 Å². The molecule has 0 saturated carbocycles. The number of para-hydroxylation sites is 1. The lowest BCUT2D eigenvalue weighted by Crippen LogP contribution is -2.07. The molecule has 0 aliphatic heterocycles. The molecule has 0 N–H and O–H groups in total. The number of ether oxygens (including phenoxy) is 1. The summed E-state index contributed by atoms with van der Waals surface area (Å²) in [5.74, 6) is 0.694. The van der Waals surface area contributed by atoms with Crippen LogP contribution in [0.4, 0.5) is 0 Å². The standard InChI is InChI=1S/C17H15N3O2/c1-12(21)17(11-13-7-9-14(22-2)10-8-13)20-16-6-4-3-5-15(16)18-19-20/h3-11H,1-2H3. The maximum Gasteiger partial charge on any atom is 0.178 e. The Kier molecular flexibility index (Phi) is 3.70. The number of benzene rings is 2. The van der Waals surface area contributed by atoms with Crippen molar-refractivity contribution in [2.45, 2.75) is 6.92 Å². The Morgan fingerprint density at radius 1 is 1.14 bits per heavy atom. The van der Waals surface area contributed by atoms with Gasteiger partial charge in [-0.1, -0.05) is 29.5 Å². The normalized spacial score (nSPS) is 11.6. The number of carbonyl (C=O) groups excluding carboxylic acids is 1. The van der Waals surface area contributed by atoms with Crippen LogP contribution in [0.15, 0.2) is 48.5 Å². The first kappa shape index (κ1) is 14.0. The molecule has 1 heterocycles. The van der Waals surface area contributed by atoms with Crippen LogP contribution in [0.25, 0.3) is 22.8 Å². The minimum atomic E-state index is -0.0773. The largest absolute Gasteiger partial charge is 0.497 e. The molecular weight excluding hydrogens is 278 g/mol. The lowest BCUT2D eigenvalue weighted by Gasteiger charge is -2.05. The van der Waals surface area contributed by atoms with E-state index in [0.717, 1.165) is 22.3 Å². The Bertz CT molecular complexity index is 848. The van der Waals surface area contributed by atoms with E-state index in [4.69, 9.17) is 4.74 Å². The van der Waals surface area contributed by atoms with Crippen molar-refractivity contribution in [2.75, 3.05) is 7.11 Å². The van der Waals surface area contributed by atoms with E-state index in [1.54, 1.807) is 17.9 Å². The zero-order valence-electron chi connectivity index (χ0n) is 12.4. The number of aromatic nitrogens is 3. The first-order valence-corrected chi connectivity index (χ1v) is 6.86. The number of ketones is 1. The number of methoxy groups -OCH3 is 1. The van der Waals surface area contributed by atoms with Crippen molar-refractivity contribution in [1.29, 1.82) is 0 Å². The fraction of sp³-hybridized carbons (Fsp3) is 0.118. The molecule has 5 nitrogen and oxygen atoms in total. The number of fused-ring (bicyclic) bond motifs is 1. The second-order valence-electron chi connectivity index (χ2n) is 4.85. The topological polar surface area (TPSA) is 57.0 Å². The van der Waals surface area contributed by atoms with E-state index >= 15 is 0 Å². The summed E-state index contributed by atoms with van der Waals surface area (Å²) in [6.45, 7) is 1.52. The van der Waals surface area contributed by atoms with E-state index in [2.05, 4.69) is 10.3 Å². The van der Waals surface area contributed by atoms with Crippen LogP contribution in [0.5, 0.6) is 5.75 Å². The molecule has 0 spiro atoms. The molecule has 0 aliphatic carbocycles. The Hall–Kier alpha value is -2.95. The first-order chi connectivity index (χ1) is 10.7. The molecule has 0 aliphatic rings. The van der Waals surface area contributed by atoms with Crippen LogP contribution in [-0.2, 0) is 4.79 Å². The number of hydrogen-bond acceptors (Lipinski definition) is 4. The SMILES string of the molecule is COc1ccc(C=C(C(C)=O)n2nnc3ccccc32)cc1. The summed E-state index contributed by atoms with van der Waals surface area (Å²) in [5, 5.41) is 8.19. The summed E-state index contributed by atoms with van der Waals surface area (Å²) in [5.41, 5.74) is 2.92. The number of allylic oxidation sites excluding steroid dienone is 1. The molecule has 22 heavy (non-hydrogen) atoms. The monoisotopic (exact) mass is 293 g/mol. The molecule has 2 aromatic carbocycles. The van der Waals surface area contributed by atoms with Crippen molar-refractivity contribution in [1.82, 2.24) is 15.0 Å². The third-order valence-electron chi connectivity index (χ3n) is 3.36. The van der Waals surface area contributed by atoms with Crippen molar-refractivity contribution in [3.05, 3.63) is 54.1 Å². The van der Waals surface area contributed by atoms with Gasteiger partial charge in [0.1, 0.15) is 17.0 Å². The molecule has 0 saturated heterocycles. The summed E-state index contributed by atoms with van der Waals surface area (Å²) in [4.78, 5) is 12.0. The molecule has 0 radical (unpaired) electrons. The molecule has 0 fully saturated rings. The molecule has 0 amide bonds. The van der Waals surface area contributed by atoms with Crippen molar-refractivity contribution < 1.29 is 9.53 Å². The van der Waals surface area contributed by atoms with Gasteiger partial charge in [-0.2, -0.15) is 0 Å². The van der Waals surface area contributed by atoms with Gasteiger partial charge in [-0.15, -0.1) is 5.10 Å². The highest BCUT2D eigenvalue weighted by atomic mass is 16.5. The third kappa shape index (κ3) is 2.61. The van der Waals surface area contributed by atoms with Gasteiger partial charge in [0.15, 0.2) is 5.78 Å². The van der Waals surface area contributed by atoms with Crippen LogP contribution in [0.2, 0.25) is 0 Å². The Morgan fingerprint density at radius 2 is 1.86 bits per heavy atom. The van der Waals surface area contributed by atoms with E-state index < -0.39 is 0 Å². The van der Waals surface area contributed by atoms with Gasteiger partial charge in [0.05, 0.1) is 12.6 Å². The van der Waals surface area contributed by atoms with Crippen LogP contribution < -0.4 is 4.74 Å². The highest BCUT2D eigenvalue weighted by molar-refractivity contribution is 6.19. The predicted octanol–water partition coefficient (Wildman–Crippen LogP) is 3.03. The van der Waals surface area contributed by atoms with E-state index in [9.17, 15) is 4.79 Å². The lowest BCUT2D eigenvalue weighted by atomic mass is 10.1. The van der Waals surface area contributed by atoms with Crippen LogP contribution >= 0.6 is 0 Å². The molecule has 5 heteroatoms. The Labute approximate surface area is 127 Å². The summed E-state index contributed by atoms with van der Waals surface area (Å²) < 4.78 is 6.71. The second-order valence-corrected chi connectivity index (χ2v) is 4.85. The number of rotatable bonds is 4. The molecule has 0 bridgehead atoms. The molecule has 1 aromatic heterocycles. The molecule has 3 rings (SSSR count). The summed E-state index contributed by atoms with van der Waals surface area (Å²) in [6, 6.07) is 15.0. The average molecular weight is 293 g/mol. The maximum atomic E-state index is 12.0.